The van der Waals surface area contributed by atoms with Gasteiger partial charge in [-0.25, -0.2) is 4.79 Å². The molecule has 1 atom stereocenters. The van der Waals surface area contributed by atoms with E-state index >= 15 is 0 Å². The van der Waals surface area contributed by atoms with Crippen LogP contribution in [0, 0.1) is 11.8 Å². The van der Waals surface area contributed by atoms with Gasteiger partial charge >= 0.3 is 5.97 Å². The zero-order valence-corrected chi connectivity index (χ0v) is 14.4. The second-order valence-corrected chi connectivity index (χ2v) is 6.61. The fourth-order valence-corrected chi connectivity index (χ4v) is 3.24. The van der Waals surface area contributed by atoms with Crippen LogP contribution in [-0.2, 0) is 19.1 Å². The summed E-state index contributed by atoms with van der Waals surface area (Å²) in [6, 6.07) is 0. The Kier molecular flexibility index (Phi) is 7.87. The minimum Gasteiger partial charge on any atom is -0.467 e. The molecule has 1 N–H and O–H groups in total. The Hall–Kier alpha value is -1.10. The number of nitrogens with one attached hydrogen (secondary N) is 1. The summed E-state index contributed by atoms with van der Waals surface area (Å²) in [7, 11) is 2.83. The third-order valence-corrected chi connectivity index (χ3v) is 4.65. The normalized spacial score (nSPS) is 24.4. The minimum atomic E-state index is -1.11. The summed E-state index contributed by atoms with van der Waals surface area (Å²) in [4.78, 5) is 24.4. The molecule has 1 rings (SSSR count). The Morgan fingerprint density at radius 3 is 2.32 bits per heavy atom. The molecule has 0 bridgehead atoms. The Bertz CT molecular complexity index is 364. The Labute approximate surface area is 134 Å². The average molecular weight is 313 g/mol. The summed E-state index contributed by atoms with van der Waals surface area (Å²) < 4.78 is 9.85. The first-order valence-corrected chi connectivity index (χ1v) is 8.36. The molecule has 1 amide bonds. The molecule has 0 aromatic carbocycles. The molecule has 0 aromatic rings. The molecule has 128 valence electrons. The van der Waals surface area contributed by atoms with E-state index in [-0.39, 0.29) is 18.4 Å². The Balaban J connectivity index is 2.52. The van der Waals surface area contributed by atoms with Crippen LogP contribution in [-0.4, -0.2) is 38.2 Å². The van der Waals surface area contributed by atoms with Crippen molar-refractivity contribution in [2.75, 3.05) is 20.8 Å². The van der Waals surface area contributed by atoms with Crippen molar-refractivity contribution < 1.29 is 19.1 Å². The molecule has 0 saturated heterocycles. The van der Waals surface area contributed by atoms with Gasteiger partial charge in [-0.15, -0.1) is 0 Å². The van der Waals surface area contributed by atoms with Crippen molar-refractivity contribution >= 4 is 11.9 Å². The van der Waals surface area contributed by atoms with E-state index in [1.165, 1.54) is 33.5 Å². The number of carbonyl (C=O) groups excluding carboxylic acids is 2. The number of rotatable bonds is 8. The second-order valence-electron chi connectivity index (χ2n) is 6.61. The van der Waals surface area contributed by atoms with Crippen LogP contribution < -0.4 is 5.32 Å². The maximum absolute atomic E-state index is 12.5. The summed E-state index contributed by atoms with van der Waals surface area (Å²) in [6.07, 6.45) is 7.81. The van der Waals surface area contributed by atoms with E-state index in [1.54, 1.807) is 6.92 Å². The first-order chi connectivity index (χ1) is 10.5. The van der Waals surface area contributed by atoms with Gasteiger partial charge in [-0.3, -0.25) is 4.79 Å². The number of ether oxygens (including phenoxy) is 2. The molecule has 5 nitrogen and oxygen atoms in total. The topological polar surface area (TPSA) is 64.6 Å². The van der Waals surface area contributed by atoms with E-state index in [9.17, 15) is 9.59 Å². The number of hydrogen-bond donors (Lipinski definition) is 1. The van der Waals surface area contributed by atoms with Crippen molar-refractivity contribution in [3.63, 3.8) is 0 Å². The monoisotopic (exact) mass is 313 g/mol. The molecule has 22 heavy (non-hydrogen) atoms. The minimum absolute atomic E-state index is 0.00119. The van der Waals surface area contributed by atoms with Gasteiger partial charge in [0.2, 0.25) is 5.91 Å². The fraction of sp³-hybridized carbons (Fsp3) is 0.882. The van der Waals surface area contributed by atoms with Crippen LogP contribution in [0.25, 0.3) is 0 Å². The number of hydrogen-bond acceptors (Lipinski definition) is 4. The number of unbranched alkanes of at least 4 members (excludes halogenated alkanes) is 1. The summed E-state index contributed by atoms with van der Waals surface area (Å²) in [5.74, 6) is 0.229. The largest absolute Gasteiger partial charge is 0.467 e. The summed E-state index contributed by atoms with van der Waals surface area (Å²) in [5.41, 5.74) is -1.11. The Morgan fingerprint density at radius 2 is 1.82 bits per heavy atom. The first-order valence-electron chi connectivity index (χ1n) is 8.36. The highest BCUT2D eigenvalue weighted by Crippen LogP contribution is 2.32. The molecule has 0 heterocycles. The van der Waals surface area contributed by atoms with Crippen LogP contribution in [0.2, 0.25) is 0 Å². The van der Waals surface area contributed by atoms with Crippen molar-refractivity contribution in [3.8, 4) is 0 Å². The van der Waals surface area contributed by atoms with E-state index in [0.717, 1.165) is 31.6 Å². The molecule has 0 aromatic heterocycles. The third kappa shape index (κ3) is 5.27. The van der Waals surface area contributed by atoms with E-state index < -0.39 is 11.5 Å². The molecule has 0 spiro atoms. The van der Waals surface area contributed by atoms with Gasteiger partial charge in [0.25, 0.3) is 0 Å². The fourth-order valence-electron chi connectivity index (χ4n) is 3.24. The van der Waals surface area contributed by atoms with Gasteiger partial charge in [0.1, 0.15) is 0 Å². The van der Waals surface area contributed by atoms with Crippen molar-refractivity contribution in [2.24, 2.45) is 11.8 Å². The molecular weight excluding hydrogens is 282 g/mol. The maximum atomic E-state index is 12.5. The van der Waals surface area contributed by atoms with Crippen LogP contribution >= 0.6 is 0 Å². The third-order valence-electron chi connectivity index (χ3n) is 4.65. The molecule has 1 aliphatic carbocycles. The van der Waals surface area contributed by atoms with E-state index in [1.807, 2.05) is 0 Å². The molecule has 5 heteroatoms. The van der Waals surface area contributed by atoms with Crippen molar-refractivity contribution in [2.45, 2.75) is 64.3 Å². The average Bonchev–Trinajstić information content (AvgIpc) is 2.52. The summed E-state index contributed by atoms with van der Waals surface area (Å²) in [5, 5.41) is 2.83. The molecule has 0 radical (unpaired) electrons. The van der Waals surface area contributed by atoms with Gasteiger partial charge in [-0.1, -0.05) is 26.2 Å². The molecule has 1 fully saturated rings. The highest BCUT2D eigenvalue weighted by atomic mass is 16.5. The highest BCUT2D eigenvalue weighted by Gasteiger charge is 2.38. The second kappa shape index (κ2) is 9.13. The standard InChI is InChI=1S/C17H31NO4/c1-5-6-7-13-8-10-14(11-9-13)15(19)18-17(2,12-21-3)16(20)22-4/h13-14H,5-12H2,1-4H3,(H,18,19)/t13?,14?,17-/m0/s1. The van der Waals surface area contributed by atoms with E-state index in [0.29, 0.717) is 0 Å². The molecular formula is C17H31NO4. The van der Waals surface area contributed by atoms with Gasteiger partial charge in [0.15, 0.2) is 5.54 Å². The number of esters is 1. The number of carbonyl (C=O) groups is 2. The van der Waals surface area contributed by atoms with Crippen LogP contribution in [0.4, 0.5) is 0 Å². The van der Waals surface area contributed by atoms with E-state index in [2.05, 4.69) is 12.2 Å². The van der Waals surface area contributed by atoms with Crippen LogP contribution in [0.3, 0.4) is 0 Å². The number of methoxy groups -OCH3 is 2. The lowest BCUT2D eigenvalue weighted by atomic mass is 9.79. The van der Waals surface area contributed by atoms with Crippen LogP contribution in [0.15, 0.2) is 0 Å². The van der Waals surface area contributed by atoms with Gasteiger partial charge in [0, 0.05) is 13.0 Å². The zero-order valence-electron chi connectivity index (χ0n) is 14.4. The maximum Gasteiger partial charge on any atom is 0.333 e. The van der Waals surface area contributed by atoms with Crippen molar-refractivity contribution in [1.82, 2.24) is 5.32 Å². The lowest BCUT2D eigenvalue weighted by Gasteiger charge is -2.32. The quantitative estimate of drug-likeness (QED) is 0.700. The lowest BCUT2D eigenvalue weighted by molar-refractivity contribution is -0.153. The van der Waals surface area contributed by atoms with Gasteiger partial charge in [-0.05, 0) is 38.5 Å². The summed E-state index contributed by atoms with van der Waals surface area (Å²) in [6.45, 7) is 3.97. The van der Waals surface area contributed by atoms with Crippen molar-refractivity contribution in [3.05, 3.63) is 0 Å². The van der Waals surface area contributed by atoms with Gasteiger partial charge in [0.05, 0.1) is 13.7 Å². The molecule has 1 aliphatic rings. The van der Waals surface area contributed by atoms with Gasteiger partial charge < -0.3 is 14.8 Å². The molecule has 0 unspecified atom stereocenters. The number of amides is 1. The molecule has 0 aliphatic heterocycles. The van der Waals surface area contributed by atoms with Crippen LogP contribution in [0.5, 0.6) is 0 Å². The lowest BCUT2D eigenvalue weighted by Crippen LogP contribution is -2.57. The SMILES string of the molecule is CCCCC1CCC(C(=O)N[C@@](C)(COC)C(=O)OC)CC1. The highest BCUT2D eigenvalue weighted by molar-refractivity contribution is 5.88. The molecule has 1 saturated carbocycles. The van der Waals surface area contributed by atoms with Crippen LogP contribution in [0.1, 0.15) is 58.8 Å². The Morgan fingerprint density at radius 1 is 1.18 bits per heavy atom. The van der Waals surface area contributed by atoms with Gasteiger partial charge in [-0.2, -0.15) is 0 Å². The van der Waals surface area contributed by atoms with Crippen molar-refractivity contribution in [1.29, 1.82) is 0 Å². The first kappa shape index (κ1) is 18.9. The predicted molar refractivity (Wildman–Crippen MR) is 85.4 cm³/mol. The predicted octanol–water partition coefficient (Wildman–Crippen LogP) is 2.68. The zero-order chi connectivity index (χ0) is 16.6. The summed E-state index contributed by atoms with van der Waals surface area (Å²) >= 11 is 0. The smallest absolute Gasteiger partial charge is 0.333 e. The van der Waals surface area contributed by atoms with E-state index in [4.69, 9.17) is 9.47 Å².